The zero-order chi connectivity index (χ0) is 40.3. The van der Waals surface area contributed by atoms with Crippen LogP contribution in [-0.2, 0) is 47.5 Å². The van der Waals surface area contributed by atoms with Crippen LogP contribution in [0.4, 0.5) is 0 Å². The maximum Gasteiger partial charge on any atom is 0.308 e. The summed E-state index contributed by atoms with van der Waals surface area (Å²) >= 11 is 0. The van der Waals surface area contributed by atoms with Gasteiger partial charge in [0.1, 0.15) is 42.4 Å². The molecule has 8 bridgehead atoms. The summed E-state index contributed by atoms with van der Waals surface area (Å²) in [4.78, 5) is 27.2. The molecule has 0 amide bonds. The van der Waals surface area contributed by atoms with Gasteiger partial charge in [-0.3, -0.25) is 9.59 Å². The van der Waals surface area contributed by atoms with Crippen LogP contribution in [0.2, 0.25) is 0 Å². The van der Waals surface area contributed by atoms with E-state index in [1.165, 1.54) is 0 Å². The summed E-state index contributed by atoms with van der Waals surface area (Å²) < 4.78 is 51.7. The molecule has 8 aliphatic rings. The first kappa shape index (κ1) is 42.1. The summed E-state index contributed by atoms with van der Waals surface area (Å²) in [5, 5.41) is 43.3. The van der Waals surface area contributed by atoms with Gasteiger partial charge in [0.15, 0.2) is 0 Å². The highest BCUT2D eigenvalue weighted by Gasteiger charge is 2.58. The fourth-order valence-corrected chi connectivity index (χ4v) is 11.2. The van der Waals surface area contributed by atoms with Gasteiger partial charge >= 0.3 is 5.97 Å². The Morgan fingerprint density at radius 1 is 0.667 bits per heavy atom. The number of carbonyl (C=O) groups is 2. The maximum atomic E-state index is 14.0. The summed E-state index contributed by atoms with van der Waals surface area (Å²) in [6, 6.07) is 0. The predicted octanol–water partition coefficient (Wildman–Crippen LogP) is 2.85. The highest BCUT2D eigenvalue weighted by Crippen LogP contribution is 2.47. The van der Waals surface area contributed by atoms with Crippen molar-refractivity contribution < 1.29 is 67.9 Å². The van der Waals surface area contributed by atoms with Gasteiger partial charge in [0.25, 0.3) is 0 Å². The first-order chi connectivity index (χ1) is 27.2. The fourth-order valence-electron chi connectivity index (χ4n) is 11.2. The van der Waals surface area contributed by atoms with E-state index in [-0.39, 0.29) is 73.8 Å². The molecule has 0 aliphatic carbocycles. The molecule has 0 aromatic heterocycles. The second-order valence-electron chi connectivity index (χ2n) is 19.2. The molecular formula is C43H66O14. The zero-order valence-corrected chi connectivity index (χ0v) is 34.0. The number of rotatable bonds is 2. The molecule has 15 unspecified atom stereocenters. The second-order valence-corrected chi connectivity index (χ2v) is 19.2. The van der Waals surface area contributed by atoms with Gasteiger partial charge in [-0.1, -0.05) is 34.3 Å². The molecule has 14 heteroatoms. The number of Topliss-reactive ketones (excluding diaryl/α,β-unsaturated/α-hetero) is 1. The maximum absolute atomic E-state index is 14.0. The Hall–Kier alpha value is -1.56. The van der Waals surface area contributed by atoms with E-state index < -0.39 is 91.4 Å². The van der Waals surface area contributed by atoms with Crippen molar-refractivity contribution in [2.45, 2.75) is 221 Å². The van der Waals surface area contributed by atoms with Gasteiger partial charge in [-0.05, 0) is 68.3 Å². The third kappa shape index (κ3) is 8.54. The number of hydrogen-bond acceptors (Lipinski definition) is 14. The lowest BCUT2D eigenvalue weighted by Crippen LogP contribution is -2.62. The predicted molar refractivity (Wildman–Crippen MR) is 202 cm³/mol. The van der Waals surface area contributed by atoms with Crippen LogP contribution in [0, 0.1) is 17.3 Å². The molecule has 0 saturated carbocycles. The Balaban J connectivity index is 1.05. The van der Waals surface area contributed by atoms with Crippen molar-refractivity contribution in [1.29, 1.82) is 0 Å². The van der Waals surface area contributed by atoms with Crippen LogP contribution >= 0.6 is 0 Å². The number of fused-ring (bicyclic) bond motifs is 8. The number of esters is 1. The Bertz CT molecular complexity index is 1460. The molecule has 8 aliphatic heterocycles. The van der Waals surface area contributed by atoms with Gasteiger partial charge < -0.3 is 58.3 Å². The topological polar surface area (TPSA) is 189 Å². The van der Waals surface area contributed by atoms with Crippen molar-refractivity contribution >= 4 is 11.8 Å². The molecule has 20 atom stereocenters. The summed E-state index contributed by atoms with van der Waals surface area (Å²) in [6.45, 7) is 12.9. The largest absolute Gasteiger partial charge is 0.459 e. The van der Waals surface area contributed by atoms with Crippen LogP contribution in [0.15, 0.2) is 12.2 Å². The Labute approximate surface area is 336 Å². The standard InChI is InChI=1S/C43H66O14/c1-20-14-24-7-6-23(45)16-31-36(48)41-42(56-31)37(49)40-30(55-41)11-9-26(52-40)17-35(47)57-39-22(3)38-32(18-27(46)29(54-38)12-13-44)53-33(39)19-34-43(4,5)21(2)15-25(51-34)8-10-28(20)50-24/h21-22,24-34,36-42,44,46,48-49H,1,6-19H2,2-5H3/t21?,22-,24?,25?,26?,27?,28?,29?,30?,31?,32-,33?,34?,36?,37?,38-,39?,40-,41-,42?/m0/s1. The summed E-state index contributed by atoms with van der Waals surface area (Å²) in [6.07, 6.45) is -4.56. The van der Waals surface area contributed by atoms with E-state index in [9.17, 15) is 30.0 Å². The second kappa shape index (κ2) is 17.1. The highest BCUT2D eigenvalue weighted by molar-refractivity contribution is 5.79. The molecule has 8 fully saturated rings. The van der Waals surface area contributed by atoms with Crippen LogP contribution in [0.5, 0.6) is 0 Å². The molecule has 0 spiro atoms. The first-order valence-electron chi connectivity index (χ1n) is 21.8. The molecule has 8 rings (SSSR count). The molecule has 0 aromatic rings. The minimum Gasteiger partial charge on any atom is -0.459 e. The average molecular weight is 807 g/mol. The van der Waals surface area contributed by atoms with E-state index in [4.69, 9.17) is 37.9 Å². The average Bonchev–Trinajstić information content (AvgIpc) is 3.68. The quantitative estimate of drug-likeness (QED) is 0.236. The van der Waals surface area contributed by atoms with Crippen LogP contribution in [0.25, 0.3) is 0 Å². The lowest BCUT2D eigenvalue weighted by molar-refractivity contribution is -0.279. The highest BCUT2D eigenvalue weighted by atomic mass is 16.6. The number of ether oxygens (including phenoxy) is 8. The van der Waals surface area contributed by atoms with Crippen molar-refractivity contribution in [2.75, 3.05) is 6.61 Å². The van der Waals surface area contributed by atoms with Crippen molar-refractivity contribution in [2.24, 2.45) is 17.3 Å². The number of ketones is 1. The van der Waals surface area contributed by atoms with Gasteiger partial charge in [-0.15, -0.1) is 0 Å². The Morgan fingerprint density at radius 3 is 2.18 bits per heavy atom. The molecule has 8 saturated heterocycles. The summed E-state index contributed by atoms with van der Waals surface area (Å²) in [5.41, 5.74) is 0.804. The molecule has 0 aromatic carbocycles. The third-order valence-corrected chi connectivity index (χ3v) is 15.0. The van der Waals surface area contributed by atoms with Gasteiger partial charge in [-0.2, -0.15) is 0 Å². The van der Waals surface area contributed by atoms with E-state index in [0.717, 1.165) is 24.8 Å². The zero-order valence-electron chi connectivity index (χ0n) is 34.0. The van der Waals surface area contributed by atoms with Crippen LogP contribution in [0.1, 0.15) is 111 Å². The van der Waals surface area contributed by atoms with E-state index in [1.54, 1.807) is 0 Å². The number of aliphatic hydroxyl groups excluding tert-OH is 4. The fraction of sp³-hybridized carbons (Fsp3) is 0.907. The van der Waals surface area contributed by atoms with E-state index >= 15 is 0 Å². The van der Waals surface area contributed by atoms with E-state index in [2.05, 4.69) is 27.4 Å². The number of carbonyl (C=O) groups excluding carboxylic acids is 2. The van der Waals surface area contributed by atoms with E-state index in [0.29, 0.717) is 44.4 Å². The van der Waals surface area contributed by atoms with Crippen LogP contribution < -0.4 is 0 Å². The first-order valence-corrected chi connectivity index (χ1v) is 21.8. The molecular weight excluding hydrogens is 740 g/mol. The lowest BCUT2D eigenvalue weighted by atomic mass is 9.68. The molecule has 0 radical (unpaired) electrons. The monoisotopic (exact) mass is 806 g/mol. The molecule has 8 heterocycles. The normalized spacial score (nSPS) is 50.7. The summed E-state index contributed by atoms with van der Waals surface area (Å²) in [7, 11) is 0. The van der Waals surface area contributed by atoms with E-state index in [1.807, 2.05) is 6.92 Å². The van der Waals surface area contributed by atoms with Gasteiger partial charge in [0, 0.05) is 38.2 Å². The van der Waals surface area contributed by atoms with Crippen molar-refractivity contribution in [1.82, 2.24) is 0 Å². The van der Waals surface area contributed by atoms with Crippen molar-refractivity contribution in [3.63, 3.8) is 0 Å². The molecule has 4 N–H and O–H groups in total. The SMILES string of the molecule is C=C1CC2CCC(=O)CC3OC4C(O)[C@H]5OC(CCC5O[C@H]4C3O)CC(=O)OC3C(CC4OC(CCC1O2)CC(C)C4(C)C)O[C@H]1CC(O)C(CCO)O[C@H]1[C@@H]3C. The van der Waals surface area contributed by atoms with Crippen molar-refractivity contribution in [3.05, 3.63) is 12.2 Å². The molecule has 14 nitrogen and oxygen atoms in total. The minimum absolute atomic E-state index is 0.000327. The van der Waals surface area contributed by atoms with Gasteiger partial charge in [-0.25, -0.2) is 0 Å². The molecule has 322 valence electrons. The van der Waals surface area contributed by atoms with Crippen molar-refractivity contribution in [3.8, 4) is 0 Å². The number of aliphatic hydroxyl groups is 4. The minimum atomic E-state index is -1.13. The smallest absolute Gasteiger partial charge is 0.308 e. The lowest BCUT2D eigenvalue weighted by Gasteiger charge is -2.53. The third-order valence-electron chi connectivity index (χ3n) is 15.0. The number of hydrogen-bond donors (Lipinski definition) is 4. The molecule has 57 heavy (non-hydrogen) atoms. The Morgan fingerprint density at radius 2 is 1.39 bits per heavy atom. The van der Waals surface area contributed by atoms with Crippen LogP contribution in [0.3, 0.4) is 0 Å². The Kier molecular flexibility index (Phi) is 12.6. The van der Waals surface area contributed by atoms with Gasteiger partial charge in [0.2, 0.25) is 0 Å². The summed E-state index contributed by atoms with van der Waals surface area (Å²) in [5.74, 6) is -0.480. The van der Waals surface area contributed by atoms with Crippen LogP contribution in [-0.4, -0.2) is 149 Å². The van der Waals surface area contributed by atoms with Gasteiger partial charge in [0.05, 0.1) is 79.7 Å².